The Morgan fingerprint density at radius 2 is 1.42 bits per heavy atom. The third-order valence-corrected chi connectivity index (χ3v) is 7.20. The maximum atomic E-state index is 10.6. The summed E-state index contributed by atoms with van der Waals surface area (Å²) in [7, 11) is 0. The molecule has 0 unspecified atom stereocenters. The molecule has 0 aliphatic carbocycles. The molecule has 3 aromatic rings. The third-order valence-electron chi connectivity index (χ3n) is 7.20. The van der Waals surface area contributed by atoms with Crippen molar-refractivity contribution in [1.29, 1.82) is 0 Å². The molecule has 2 aliphatic heterocycles. The van der Waals surface area contributed by atoms with Gasteiger partial charge >= 0.3 is 11.3 Å². The van der Waals surface area contributed by atoms with E-state index < -0.39 is 86.1 Å². The molecular weight excluding hydrogens is 580 g/mol. The van der Waals surface area contributed by atoms with Crippen molar-refractivity contribution in [2.75, 3.05) is 13.2 Å². The molecule has 11 N–H and O–H groups in total. The lowest BCUT2D eigenvalue weighted by atomic mass is 9.99. The zero-order valence-corrected chi connectivity index (χ0v) is 22.1. The number of aliphatic hydroxyl groups is 8. The molecule has 16 nitrogen and oxygen atoms in total. The highest BCUT2D eigenvalue weighted by atomic mass is 16.7. The van der Waals surface area contributed by atoms with Gasteiger partial charge in [0.05, 0.1) is 24.8 Å². The quantitative estimate of drug-likeness (QED) is 0.0957. The molecule has 0 saturated carbocycles. The van der Waals surface area contributed by atoms with Crippen LogP contribution in [0.25, 0.3) is 22.3 Å². The normalized spacial score (nSPS) is 31.7. The number of aliphatic hydroxyl groups excluding tert-OH is 8. The van der Waals surface area contributed by atoms with E-state index in [2.05, 4.69) is 0 Å². The molecule has 2 fully saturated rings. The van der Waals surface area contributed by atoms with E-state index in [-0.39, 0.29) is 39.5 Å². The van der Waals surface area contributed by atoms with Crippen LogP contribution in [0.15, 0.2) is 40.8 Å². The van der Waals surface area contributed by atoms with E-state index in [0.717, 1.165) is 18.2 Å². The van der Waals surface area contributed by atoms with E-state index in [1.807, 2.05) is 0 Å². The van der Waals surface area contributed by atoms with Crippen molar-refractivity contribution in [2.24, 2.45) is 0 Å². The van der Waals surface area contributed by atoms with Gasteiger partial charge in [0.1, 0.15) is 65.7 Å². The smallest absolute Gasteiger partial charge is 0.402 e. The molecule has 5 rings (SSSR count). The lowest BCUT2D eigenvalue weighted by Crippen LogP contribution is -2.60. The molecule has 2 aliphatic rings. The summed E-state index contributed by atoms with van der Waals surface area (Å²) in [6, 6.07) is 7.20. The highest BCUT2D eigenvalue weighted by Gasteiger charge is 2.48. The van der Waals surface area contributed by atoms with Gasteiger partial charge in [-0.1, -0.05) is 0 Å². The zero-order valence-electron chi connectivity index (χ0n) is 22.1. The number of benzene rings is 2. The van der Waals surface area contributed by atoms with Crippen LogP contribution in [0, 0.1) is 0 Å². The van der Waals surface area contributed by atoms with Crippen molar-refractivity contribution >= 4 is 11.0 Å². The summed E-state index contributed by atoms with van der Waals surface area (Å²) < 4.78 is 28.4. The van der Waals surface area contributed by atoms with Crippen LogP contribution in [0.5, 0.6) is 28.7 Å². The number of phenols is 3. The number of hydrogen-bond donors (Lipinski definition) is 11. The Balaban J connectivity index is 1.59. The molecule has 2 saturated heterocycles. The molecule has 0 radical (unpaired) electrons. The van der Waals surface area contributed by atoms with Crippen LogP contribution in [0.2, 0.25) is 0 Å². The number of phenolic OH excluding ortho intramolecular Hbond substituents is 3. The average Bonchev–Trinajstić information content (AvgIpc) is 3.26. The van der Waals surface area contributed by atoms with Crippen LogP contribution in [0.1, 0.15) is 0 Å². The molecule has 2 aromatic carbocycles. The minimum absolute atomic E-state index is 0.0523. The van der Waals surface area contributed by atoms with Gasteiger partial charge in [0.25, 0.3) is 0 Å². The Labute approximate surface area is 242 Å². The first-order valence-corrected chi connectivity index (χ1v) is 13.0. The Bertz CT molecular complexity index is 1450. The molecular formula is C27H31O16+. The number of rotatable bonds is 8. The first kappa shape index (κ1) is 30.9. The van der Waals surface area contributed by atoms with Gasteiger partial charge in [0, 0.05) is 18.2 Å². The lowest BCUT2D eigenvalue weighted by Gasteiger charge is -2.39. The third kappa shape index (κ3) is 5.85. The van der Waals surface area contributed by atoms with Crippen molar-refractivity contribution in [1.82, 2.24) is 0 Å². The van der Waals surface area contributed by atoms with E-state index >= 15 is 0 Å². The van der Waals surface area contributed by atoms with Crippen molar-refractivity contribution < 1.29 is 79.5 Å². The Kier molecular flexibility index (Phi) is 8.77. The van der Waals surface area contributed by atoms with Gasteiger partial charge in [-0.2, -0.15) is 0 Å². The summed E-state index contributed by atoms with van der Waals surface area (Å²) >= 11 is 0. The summed E-state index contributed by atoms with van der Waals surface area (Å²) in [4.78, 5) is 0. The molecule has 1 aromatic heterocycles. The summed E-state index contributed by atoms with van der Waals surface area (Å²) in [6.45, 7) is -1.50. The molecule has 0 spiro atoms. The van der Waals surface area contributed by atoms with Crippen LogP contribution in [0.4, 0.5) is 0 Å². The monoisotopic (exact) mass is 611 g/mol. The molecule has 16 heteroatoms. The topological polar surface area (TPSA) is 271 Å². The van der Waals surface area contributed by atoms with Gasteiger partial charge in [-0.3, -0.25) is 0 Å². The second kappa shape index (κ2) is 12.2. The Hall–Kier alpha value is -3.55. The SMILES string of the molecule is OC[C@@H](O)[C@H]1O[C@@H](Oc2cc3c(O[C@@H]4O[C@H](CO)[C@@H](O)[C@H](O)[C@H]4O)cc(O)cc3[o+]c2-c2ccc(O)c(O)c2)[C@H](O)[C@H]1O. The van der Waals surface area contributed by atoms with Crippen LogP contribution < -0.4 is 9.47 Å². The Morgan fingerprint density at radius 3 is 2.09 bits per heavy atom. The fourth-order valence-corrected chi connectivity index (χ4v) is 4.83. The predicted molar refractivity (Wildman–Crippen MR) is 140 cm³/mol. The maximum Gasteiger partial charge on any atom is 0.402 e. The first-order chi connectivity index (χ1) is 20.4. The van der Waals surface area contributed by atoms with Crippen LogP contribution in [0.3, 0.4) is 0 Å². The first-order valence-electron chi connectivity index (χ1n) is 13.0. The van der Waals surface area contributed by atoms with E-state index in [1.54, 1.807) is 0 Å². The molecule has 0 bridgehead atoms. The summed E-state index contributed by atoms with van der Waals surface area (Å²) in [5.74, 6) is -1.91. The predicted octanol–water partition coefficient (Wildman–Crippen LogP) is -2.14. The van der Waals surface area contributed by atoms with Gasteiger partial charge in [-0.25, -0.2) is 4.42 Å². The van der Waals surface area contributed by atoms with Gasteiger partial charge in [0.2, 0.25) is 18.3 Å². The molecule has 43 heavy (non-hydrogen) atoms. The fraction of sp³-hybridized carbons (Fsp3) is 0.444. The number of fused-ring (bicyclic) bond motifs is 1. The molecule has 3 heterocycles. The largest absolute Gasteiger partial charge is 0.507 e. The van der Waals surface area contributed by atoms with Crippen molar-refractivity contribution in [3.63, 3.8) is 0 Å². The minimum atomic E-state index is -1.79. The van der Waals surface area contributed by atoms with Crippen LogP contribution in [-0.4, -0.2) is 131 Å². The summed E-state index contributed by atoms with van der Waals surface area (Å²) in [5.41, 5.74) is 0.0722. The van der Waals surface area contributed by atoms with E-state index in [0.29, 0.717) is 0 Å². The van der Waals surface area contributed by atoms with Crippen molar-refractivity contribution in [3.05, 3.63) is 36.4 Å². The van der Waals surface area contributed by atoms with Gasteiger partial charge < -0.3 is 75.1 Å². The minimum Gasteiger partial charge on any atom is -0.507 e. The molecule has 10 atom stereocenters. The lowest BCUT2D eigenvalue weighted by molar-refractivity contribution is -0.277. The highest BCUT2D eigenvalue weighted by Crippen LogP contribution is 2.43. The van der Waals surface area contributed by atoms with Crippen LogP contribution >= 0.6 is 0 Å². The zero-order chi connectivity index (χ0) is 31.2. The number of aromatic hydroxyl groups is 3. The highest BCUT2D eigenvalue weighted by molar-refractivity contribution is 5.89. The molecule has 0 amide bonds. The van der Waals surface area contributed by atoms with Gasteiger partial charge in [-0.15, -0.1) is 0 Å². The van der Waals surface area contributed by atoms with Crippen molar-refractivity contribution in [2.45, 2.75) is 61.4 Å². The molecule has 234 valence electrons. The van der Waals surface area contributed by atoms with Gasteiger partial charge in [0.15, 0.2) is 11.5 Å². The van der Waals surface area contributed by atoms with Crippen LogP contribution in [-0.2, 0) is 9.47 Å². The fourth-order valence-electron chi connectivity index (χ4n) is 4.83. The number of ether oxygens (including phenoxy) is 4. The second-order valence-electron chi connectivity index (χ2n) is 10.1. The summed E-state index contributed by atoms with van der Waals surface area (Å²) in [6.07, 6.45) is -16.1. The van der Waals surface area contributed by atoms with E-state index in [9.17, 15) is 56.2 Å². The standard InChI is InChI=1S/C27H30O16/c28-7-14(33)25-21(36)23(38)27(43-25)41-17-6-11-15(39-24(17)9-1-2-12(31)13(32)3-9)4-10(30)5-16(11)40-26-22(37)20(35)19(34)18(8-29)42-26/h1-6,14,18-23,25-29,33-38H,7-8H2,(H2-,30,31,32)/p+1/t14-,18-,19-,20+,21-,22-,23-,25-,26-,27-/m1/s1. The van der Waals surface area contributed by atoms with Gasteiger partial charge in [-0.05, 0) is 12.1 Å². The van der Waals surface area contributed by atoms with Crippen molar-refractivity contribution in [3.8, 4) is 40.1 Å². The maximum absolute atomic E-state index is 10.6. The Morgan fingerprint density at radius 1 is 0.744 bits per heavy atom. The summed E-state index contributed by atoms with van der Waals surface area (Å²) in [5, 5.41) is 111. The number of hydrogen-bond acceptors (Lipinski definition) is 15. The van der Waals surface area contributed by atoms with E-state index in [1.165, 1.54) is 18.2 Å². The average molecular weight is 612 g/mol. The second-order valence-corrected chi connectivity index (χ2v) is 10.1. The van der Waals surface area contributed by atoms with E-state index in [4.69, 9.17) is 23.4 Å².